The van der Waals surface area contributed by atoms with Crippen molar-refractivity contribution in [2.75, 3.05) is 26.7 Å². The summed E-state index contributed by atoms with van der Waals surface area (Å²) >= 11 is 0. The minimum Gasteiger partial charge on any atom is -0.793 e. The summed E-state index contributed by atoms with van der Waals surface area (Å²) in [5, 5.41) is 8.97. The predicted octanol–water partition coefficient (Wildman–Crippen LogP) is 2.66. The number of halogens is 7. The van der Waals surface area contributed by atoms with E-state index in [1.165, 1.54) is 0 Å². The molecule has 0 amide bonds. The van der Waals surface area contributed by atoms with E-state index in [0.717, 1.165) is 0 Å². The second-order valence-corrected chi connectivity index (χ2v) is 9.64. The Morgan fingerprint density at radius 1 is 0.750 bits per heavy atom. The summed E-state index contributed by atoms with van der Waals surface area (Å²) in [7, 11) is -0.389. The third-order valence-corrected chi connectivity index (χ3v) is 0.722. The van der Waals surface area contributed by atoms with Crippen LogP contribution in [0.25, 0.3) is 0 Å². The van der Waals surface area contributed by atoms with Crippen LogP contribution in [-0.2, 0) is 0 Å². The molecule has 1 nitrogen and oxygen atoms in total. The lowest BCUT2D eigenvalue weighted by molar-refractivity contribution is -0.629. The summed E-state index contributed by atoms with van der Waals surface area (Å²) in [6.07, 6.45) is -12.8. The van der Waals surface area contributed by atoms with Gasteiger partial charge in [-0.3, -0.25) is 0 Å². The number of rotatable bonds is 1. The molecule has 0 aliphatic rings. The molecule has 0 aromatic rings. The predicted molar refractivity (Wildman–Crippen MR) is 46.6 cm³/mol. The summed E-state index contributed by atoms with van der Waals surface area (Å²) in [4.78, 5) is 0. The maximum atomic E-state index is 11.2. The van der Waals surface area contributed by atoms with Crippen molar-refractivity contribution in [3.63, 3.8) is 0 Å². The van der Waals surface area contributed by atoms with E-state index in [0.29, 0.717) is 0 Å². The van der Waals surface area contributed by atoms with Crippen molar-refractivity contribution in [1.29, 1.82) is 0 Å². The van der Waals surface area contributed by atoms with Gasteiger partial charge in [-0.25, -0.2) is 8.78 Å². The van der Waals surface area contributed by atoms with Gasteiger partial charge in [0.15, 0.2) is 0 Å². The number of hydrogen-bond donors (Lipinski definition) is 0. The average Bonchev–Trinajstić information content (AvgIpc) is 1.76. The summed E-state index contributed by atoms with van der Waals surface area (Å²) < 4.78 is 77.1. The topological polar surface area (TPSA) is 23.1 Å². The summed E-state index contributed by atoms with van der Waals surface area (Å²) in [6.45, 7) is 9.19. The van der Waals surface area contributed by atoms with Crippen LogP contribution in [0.3, 0.4) is 0 Å². The first-order valence-corrected chi connectivity index (χ1v) is 7.39. The Morgan fingerprint density at radius 2 is 0.938 bits per heavy atom. The first-order chi connectivity index (χ1) is 6.50. The third-order valence-electron chi connectivity index (χ3n) is 0.722. The Morgan fingerprint density at radius 3 is 0.938 bits per heavy atom. The molecule has 0 rings (SSSR count). The molecule has 9 heteroatoms. The fourth-order valence-electron chi connectivity index (χ4n) is 0.165. The van der Waals surface area contributed by atoms with Gasteiger partial charge in [-0.1, -0.05) is 0 Å². The Balaban J connectivity index is 0. The summed E-state index contributed by atoms with van der Waals surface area (Å²) in [5.41, 5.74) is 0. The van der Waals surface area contributed by atoms with Crippen molar-refractivity contribution in [2.24, 2.45) is 0 Å². The maximum absolute atomic E-state index is 11.2. The molecular formula is C7H12F7OP. The average molecular weight is 276 g/mol. The highest BCUT2D eigenvalue weighted by Gasteiger charge is 2.67. The molecule has 0 aliphatic heterocycles. The lowest BCUT2D eigenvalue weighted by Crippen LogP contribution is -2.59. The SMILES string of the molecule is C[P+](C)(C)C.[O-]C(F)(F)C(F)(F)C(F)(F)F. The molecular weight excluding hydrogens is 264 g/mol. The molecule has 0 N–H and O–H groups in total. The lowest BCUT2D eigenvalue weighted by Gasteiger charge is -2.31. The Hall–Kier alpha value is -0.100. The smallest absolute Gasteiger partial charge is 0.458 e. The van der Waals surface area contributed by atoms with Crippen LogP contribution in [0.15, 0.2) is 0 Å². The van der Waals surface area contributed by atoms with Crippen LogP contribution in [-0.4, -0.2) is 44.9 Å². The second kappa shape index (κ2) is 5.04. The number of alkyl halides is 7. The number of hydrogen-bond acceptors (Lipinski definition) is 1. The van der Waals surface area contributed by atoms with E-state index in [-0.39, 0.29) is 7.26 Å². The van der Waals surface area contributed by atoms with Gasteiger partial charge in [0.1, 0.15) is 0 Å². The van der Waals surface area contributed by atoms with Gasteiger partial charge in [0, 0.05) is 33.9 Å². The Bertz CT molecular complexity index is 190. The van der Waals surface area contributed by atoms with E-state index in [2.05, 4.69) is 26.7 Å². The van der Waals surface area contributed by atoms with Crippen molar-refractivity contribution >= 4 is 7.26 Å². The fraction of sp³-hybridized carbons (Fsp3) is 1.00. The molecule has 0 bridgehead atoms. The van der Waals surface area contributed by atoms with Crippen molar-refractivity contribution in [3.8, 4) is 0 Å². The molecule has 0 aromatic carbocycles. The second-order valence-electron chi connectivity index (χ2n) is 4.27. The molecule has 0 radical (unpaired) electrons. The quantitative estimate of drug-likeness (QED) is 0.533. The molecule has 0 atom stereocenters. The molecule has 0 heterocycles. The van der Waals surface area contributed by atoms with Crippen LogP contribution in [0.4, 0.5) is 30.7 Å². The van der Waals surface area contributed by atoms with E-state index in [1.54, 1.807) is 0 Å². The third kappa shape index (κ3) is 7.22. The van der Waals surface area contributed by atoms with Crippen LogP contribution >= 0.6 is 7.26 Å². The van der Waals surface area contributed by atoms with Gasteiger partial charge < -0.3 is 5.11 Å². The van der Waals surface area contributed by atoms with Crippen LogP contribution in [0.2, 0.25) is 0 Å². The molecule has 0 saturated heterocycles. The lowest BCUT2D eigenvalue weighted by atomic mass is 10.3. The van der Waals surface area contributed by atoms with Gasteiger partial charge in [0.2, 0.25) is 0 Å². The molecule has 100 valence electrons. The summed E-state index contributed by atoms with van der Waals surface area (Å²) in [5.74, 6) is -6.51. The van der Waals surface area contributed by atoms with Crippen LogP contribution in [0, 0.1) is 0 Å². The molecule has 16 heavy (non-hydrogen) atoms. The highest BCUT2D eigenvalue weighted by atomic mass is 31.2. The first-order valence-electron chi connectivity index (χ1n) is 3.82. The standard InChI is InChI=1S/C4H12P.C3F7O/c1-5(2,3)4;4-1(5,2(6,7)8)3(9,10)11/h1-4H3;/q+1;-1. The first kappa shape index (κ1) is 18.3. The highest BCUT2D eigenvalue weighted by Crippen LogP contribution is 2.43. The van der Waals surface area contributed by atoms with E-state index in [1.807, 2.05) is 0 Å². The zero-order chi connectivity index (χ0) is 14.0. The summed E-state index contributed by atoms with van der Waals surface area (Å²) in [6, 6.07) is 0. The zero-order valence-electron chi connectivity index (χ0n) is 9.00. The molecule has 0 aliphatic carbocycles. The maximum Gasteiger partial charge on any atom is 0.458 e. The Kier molecular flexibility index (Phi) is 5.75. The molecule has 0 aromatic heterocycles. The van der Waals surface area contributed by atoms with Crippen LogP contribution < -0.4 is 5.11 Å². The minimum absolute atomic E-state index is 0.389. The van der Waals surface area contributed by atoms with Crippen molar-refractivity contribution in [1.82, 2.24) is 0 Å². The normalized spacial score (nSPS) is 14.2. The van der Waals surface area contributed by atoms with Gasteiger partial charge in [0.25, 0.3) is 6.11 Å². The van der Waals surface area contributed by atoms with Crippen LogP contribution in [0.5, 0.6) is 0 Å². The van der Waals surface area contributed by atoms with Gasteiger partial charge in [-0.2, -0.15) is 22.0 Å². The van der Waals surface area contributed by atoms with E-state index >= 15 is 0 Å². The van der Waals surface area contributed by atoms with Crippen molar-refractivity contribution < 1.29 is 35.8 Å². The van der Waals surface area contributed by atoms with Gasteiger partial charge in [-0.05, 0) is 0 Å². The largest absolute Gasteiger partial charge is 0.793 e. The van der Waals surface area contributed by atoms with E-state index < -0.39 is 18.2 Å². The minimum atomic E-state index is -6.52. The molecule has 0 fully saturated rings. The van der Waals surface area contributed by atoms with Crippen molar-refractivity contribution in [2.45, 2.75) is 18.2 Å². The van der Waals surface area contributed by atoms with Gasteiger partial charge in [-0.15, -0.1) is 0 Å². The zero-order valence-corrected chi connectivity index (χ0v) is 9.90. The van der Waals surface area contributed by atoms with E-state index in [9.17, 15) is 30.7 Å². The van der Waals surface area contributed by atoms with Crippen molar-refractivity contribution in [3.05, 3.63) is 0 Å². The monoisotopic (exact) mass is 276 g/mol. The van der Waals surface area contributed by atoms with Crippen LogP contribution in [0.1, 0.15) is 0 Å². The molecule has 0 spiro atoms. The Labute approximate surface area is 89.0 Å². The molecule has 0 unspecified atom stereocenters. The van der Waals surface area contributed by atoms with Gasteiger partial charge >= 0.3 is 12.1 Å². The molecule has 0 saturated carbocycles. The fourth-order valence-corrected chi connectivity index (χ4v) is 0.165. The highest BCUT2D eigenvalue weighted by molar-refractivity contribution is 7.73. The van der Waals surface area contributed by atoms with E-state index in [4.69, 9.17) is 5.11 Å². The van der Waals surface area contributed by atoms with Gasteiger partial charge in [0.05, 0.1) is 0 Å².